The van der Waals surface area contributed by atoms with E-state index >= 15 is 0 Å². The van der Waals surface area contributed by atoms with Crippen LogP contribution in [0, 0.1) is 0 Å². The molecule has 0 aromatic rings. The lowest BCUT2D eigenvalue weighted by Crippen LogP contribution is -2.47. The van der Waals surface area contributed by atoms with Gasteiger partial charge in [0.25, 0.3) is 0 Å². The summed E-state index contributed by atoms with van der Waals surface area (Å²) < 4.78 is 0. The summed E-state index contributed by atoms with van der Waals surface area (Å²) in [6.07, 6.45) is 11.4. The van der Waals surface area contributed by atoms with Gasteiger partial charge in [-0.3, -0.25) is 0 Å². The van der Waals surface area contributed by atoms with Crippen LogP contribution < -0.4 is 51.6 Å². The van der Waals surface area contributed by atoms with Gasteiger partial charge in [0.2, 0.25) is 0 Å². The highest BCUT2D eigenvalue weighted by Gasteiger charge is 2.16. The van der Waals surface area contributed by atoms with Crippen LogP contribution in [0.1, 0.15) is 71.1 Å². The van der Waals surface area contributed by atoms with Gasteiger partial charge in [0.05, 0.1) is 0 Å². The molecule has 0 aromatic carbocycles. The lowest BCUT2D eigenvalue weighted by Gasteiger charge is -2.34. The minimum atomic E-state index is 0.736. The third-order valence-corrected chi connectivity index (χ3v) is 9.61. The molecule has 18 N–H and O–H groups in total. The van der Waals surface area contributed by atoms with Crippen LogP contribution in [-0.2, 0) is 0 Å². The van der Waals surface area contributed by atoms with E-state index in [1.54, 1.807) is 0 Å². The van der Waals surface area contributed by atoms with Crippen LogP contribution in [0.4, 0.5) is 0 Å². The van der Waals surface area contributed by atoms with Gasteiger partial charge < -0.3 is 81.0 Å². The van der Waals surface area contributed by atoms with Crippen LogP contribution in [0.25, 0.3) is 0 Å². The van der Waals surface area contributed by atoms with Crippen LogP contribution in [0.5, 0.6) is 0 Å². The van der Waals surface area contributed by atoms with Crippen LogP contribution in [0.3, 0.4) is 0 Å². The summed E-state index contributed by atoms with van der Waals surface area (Å²) in [5, 5.41) is 0. The number of hydrogen-bond acceptors (Lipinski definition) is 15. The van der Waals surface area contributed by atoms with Crippen molar-refractivity contribution < 1.29 is 0 Å². The van der Waals surface area contributed by atoms with E-state index in [0.717, 1.165) is 143 Å². The van der Waals surface area contributed by atoms with Crippen molar-refractivity contribution in [3.8, 4) is 0 Å². The van der Waals surface area contributed by atoms with Crippen molar-refractivity contribution in [3.63, 3.8) is 0 Å². The number of hydrogen-bond donors (Lipinski definition) is 9. The number of rotatable bonds is 29. The highest BCUT2D eigenvalue weighted by atomic mass is 15.3. The molecule has 0 atom stereocenters. The molecule has 2 heterocycles. The quantitative estimate of drug-likeness (QED) is 0.0387. The summed E-state index contributed by atoms with van der Waals surface area (Å²) in [5.41, 5.74) is 49.2. The van der Waals surface area contributed by atoms with Crippen molar-refractivity contribution in [1.29, 1.82) is 0 Å². The van der Waals surface area contributed by atoms with Crippen molar-refractivity contribution in [1.82, 2.24) is 29.4 Å². The second-order valence-corrected chi connectivity index (χ2v) is 14.3. The molecule has 2 aliphatic rings. The van der Waals surface area contributed by atoms with Gasteiger partial charge in [-0.15, -0.1) is 0 Å². The van der Waals surface area contributed by atoms with E-state index in [0.29, 0.717) is 0 Å². The molecular weight excluding hydrogens is 667 g/mol. The monoisotopic (exact) mass is 762 g/mol. The van der Waals surface area contributed by atoms with Gasteiger partial charge in [0, 0.05) is 78.5 Å². The molecule has 0 unspecified atom stereocenters. The number of nitrogens with two attached hydrogens (primary N) is 9. The normalized spacial score (nSPS) is 15.8. The minimum Gasteiger partial charge on any atom is -0.330 e. The molecule has 15 heteroatoms. The van der Waals surface area contributed by atoms with Crippen molar-refractivity contribution in [2.24, 2.45) is 51.6 Å². The molecule has 2 fully saturated rings. The molecule has 0 aliphatic carbocycles. The Labute approximate surface area is 328 Å². The van der Waals surface area contributed by atoms with Crippen LogP contribution >= 0.6 is 0 Å². The Balaban J connectivity index is 0. The maximum Gasteiger partial charge on any atom is 0.0110 e. The zero-order valence-electron chi connectivity index (χ0n) is 35.0. The van der Waals surface area contributed by atoms with E-state index in [2.05, 4.69) is 36.3 Å². The smallest absolute Gasteiger partial charge is 0.0110 e. The minimum absolute atomic E-state index is 0.736. The fourth-order valence-electron chi connectivity index (χ4n) is 6.36. The van der Waals surface area contributed by atoms with Crippen molar-refractivity contribution in [3.05, 3.63) is 0 Å². The lowest BCUT2D eigenvalue weighted by atomic mass is 10.2. The van der Waals surface area contributed by atoms with E-state index in [4.69, 9.17) is 51.6 Å². The molecule has 2 rings (SSSR count). The molecular formula is C38H95N15. The Morgan fingerprint density at radius 1 is 0.302 bits per heavy atom. The molecule has 2 aliphatic heterocycles. The molecule has 53 heavy (non-hydrogen) atoms. The Morgan fingerprint density at radius 3 is 0.887 bits per heavy atom. The predicted octanol–water partition coefficient (Wildman–Crippen LogP) is -1.67. The van der Waals surface area contributed by atoms with Crippen LogP contribution in [-0.4, -0.2) is 206 Å². The van der Waals surface area contributed by atoms with Crippen LogP contribution in [0.15, 0.2) is 0 Å². The number of piperazine rings is 2. The Kier molecular flexibility index (Phi) is 45.4. The van der Waals surface area contributed by atoms with E-state index in [1.165, 1.54) is 97.8 Å². The summed E-state index contributed by atoms with van der Waals surface area (Å²) >= 11 is 0. The highest BCUT2D eigenvalue weighted by Crippen LogP contribution is 2.04. The molecule has 0 amide bonds. The second-order valence-electron chi connectivity index (χ2n) is 14.3. The first-order chi connectivity index (χ1) is 25.9. The van der Waals surface area contributed by atoms with Crippen molar-refractivity contribution in [2.45, 2.75) is 71.1 Å². The Bertz CT molecular complexity index is 627. The van der Waals surface area contributed by atoms with E-state index in [9.17, 15) is 0 Å². The summed E-state index contributed by atoms with van der Waals surface area (Å²) in [5.74, 6) is 0. The molecule has 0 aromatic heterocycles. The van der Waals surface area contributed by atoms with Gasteiger partial charge in [0.15, 0.2) is 0 Å². The molecule has 0 spiro atoms. The summed E-state index contributed by atoms with van der Waals surface area (Å²) in [7, 11) is 0. The molecule has 0 bridgehead atoms. The number of unbranched alkanes of at least 4 members (excludes halogenated alkanes) is 2. The summed E-state index contributed by atoms with van der Waals surface area (Å²) in [4.78, 5) is 14.8. The van der Waals surface area contributed by atoms with Gasteiger partial charge in [-0.05, 0) is 162 Å². The summed E-state index contributed by atoms with van der Waals surface area (Å²) in [6, 6.07) is 0. The molecule has 0 radical (unpaired) electrons. The van der Waals surface area contributed by atoms with Gasteiger partial charge in [-0.1, -0.05) is 6.92 Å². The summed E-state index contributed by atoms with van der Waals surface area (Å²) in [6.45, 7) is 30.0. The van der Waals surface area contributed by atoms with Gasteiger partial charge in [-0.2, -0.15) is 0 Å². The van der Waals surface area contributed by atoms with Crippen molar-refractivity contribution in [2.75, 3.05) is 177 Å². The van der Waals surface area contributed by atoms with E-state index in [-0.39, 0.29) is 0 Å². The van der Waals surface area contributed by atoms with Gasteiger partial charge in [0.1, 0.15) is 0 Å². The van der Waals surface area contributed by atoms with E-state index < -0.39 is 0 Å². The lowest BCUT2D eigenvalue weighted by molar-refractivity contribution is 0.130. The fraction of sp³-hybridized carbons (Fsp3) is 1.00. The average Bonchev–Trinajstić information content (AvgIpc) is 3.18. The largest absolute Gasteiger partial charge is 0.330 e. The Morgan fingerprint density at radius 2 is 0.585 bits per heavy atom. The standard InChI is InChI=1S/C11H26N4.C10H24N4.C10H26N4.C7H19N3/c12-4-1-2-6-14-8-10-15(11-9-14)7-3-5-13;11-3-1-5-13-7-9-14(10-8-13)6-2-4-12;11-5-1-2-8-14(9-3-6-12)10-4-7-13;1-2-5-10(6-3-8)7-4-9/h1-13H2;1-12H2;1-13H2;2-9H2,1H3. The molecule has 15 nitrogen and oxygen atoms in total. The maximum atomic E-state index is 5.51. The zero-order valence-corrected chi connectivity index (χ0v) is 35.0. The van der Waals surface area contributed by atoms with Gasteiger partial charge in [-0.25, -0.2) is 0 Å². The first-order valence-corrected chi connectivity index (χ1v) is 21.6. The van der Waals surface area contributed by atoms with Crippen molar-refractivity contribution >= 4 is 0 Å². The predicted molar refractivity (Wildman–Crippen MR) is 232 cm³/mol. The first kappa shape index (κ1) is 54.5. The third-order valence-electron chi connectivity index (χ3n) is 9.61. The zero-order chi connectivity index (χ0) is 39.6. The highest BCUT2D eigenvalue weighted by molar-refractivity contribution is 4.73. The second kappa shape index (κ2) is 44.1. The topological polar surface area (TPSA) is 254 Å². The maximum absolute atomic E-state index is 5.51. The first-order valence-electron chi connectivity index (χ1n) is 21.6. The SMILES string of the molecule is CCCN(CCN)CCN.NCCCCN(CCCN)CCCN.NCCCCN1CCN(CCCN)CC1.NCCCN1CCN(CCCN)CC1. The fourth-order valence-corrected chi connectivity index (χ4v) is 6.36. The average molecular weight is 762 g/mol. The molecule has 2 saturated heterocycles. The van der Waals surface area contributed by atoms with Crippen LogP contribution in [0.2, 0.25) is 0 Å². The van der Waals surface area contributed by atoms with Gasteiger partial charge >= 0.3 is 0 Å². The molecule has 0 saturated carbocycles. The Hall–Kier alpha value is -0.600. The third kappa shape index (κ3) is 36.8. The number of nitrogens with zero attached hydrogens (tertiary/aromatic N) is 6. The molecule has 322 valence electrons. The van der Waals surface area contributed by atoms with E-state index in [1.807, 2.05) is 0 Å².